The number of carboxylic acids is 1. The Kier molecular flexibility index (Phi) is 4.05. The van der Waals surface area contributed by atoms with Crippen LogP contribution in [0.1, 0.15) is 47.8 Å². The van der Waals surface area contributed by atoms with Gasteiger partial charge < -0.3 is 9.84 Å². The van der Waals surface area contributed by atoms with Crippen LogP contribution >= 0.6 is 0 Å². The second kappa shape index (κ2) is 6.53. The zero-order valence-electron chi connectivity index (χ0n) is 14.1. The summed E-state index contributed by atoms with van der Waals surface area (Å²) in [6.07, 6.45) is 0. The maximum Gasteiger partial charge on any atom is 0.339 e. The van der Waals surface area contributed by atoms with E-state index in [2.05, 4.69) is 0 Å². The Morgan fingerprint density at radius 1 is 0.778 bits per heavy atom. The highest BCUT2D eigenvalue weighted by Crippen LogP contribution is 2.28. The molecule has 0 aromatic heterocycles. The van der Waals surface area contributed by atoms with Gasteiger partial charge in [0.05, 0.1) is 0 Å². The summed E-state index contributed by atoms with van der Waals surface area (Å²) in [5.74, 6) is -1.21. The van der Waals surface area contributed by atoms with Crippen LogP contribution in [0.15, 0.2) is 66.7 Å². The minimum absolute atomic E-state index is 0.0654. The molecule has 0 spiro atoms. The predicted molar refractivity (Wildman–Crippen MR) is 97.5 cm³/mol. The Morgan fingerprint density at radius 3 is 2.07 bits per heavy atom. The summed E-state index contributed by atoms with van der Waals surface area (Å²) < 4.78 is 5.63. The fraction of sp³-hybridized carbons (Fsp3) is 0.0455. The third-order valence-corrected chi connectivity index (χ3v) is 4.50. The number of aromatic carboxylic acids is 1. The van der Waals surface area contributed by atoms with E-state index < -0.39 is 5.97 Å². The van der Waals surface area contributed by atoms with Gasteiger partial charge in [-0.25, -0.2) is 4.79 Å². The first-order valence-corrected chi connectivity index (χ1v) is 8.33. The van der Waals surface area contributed by atoms with Crippen LogP contribution in [-0.2, 0) is 6.61 Å². The molecule has 0 amide bonds. The molecule has 0 unspecified atom stereocenters. The molecule has 3 aromatic carbocycles. The minimum Gasteiger partial charge on any atom is -0.488 e. The first-order valence-electron chi connectivity index (χ1n) is 8.33. The fourth-order valence-electron chi connectivity index (χ4n) is 3.17. The molecule has 5 heteroatoms. The van der Waals surface area contributed by atoms with Gasteiger partial charge in [-0.1, -0.05) is 42.5 Å². The second-order valence-corrected chi connectivity index (χ2v) is 6.17. The van der Waals surface area contributed by atoms with Gasteiger partial charge in [0.1, 0.15) is 17.9 Å². The minimum atomic E-state index is -1.08. The molecule has 4 rings (SSSR count). The number of fused-ring (bicyclic) bond motifs is 2. The van der Waals surface area contributed by atoms with E-state index in [9.17, 15) is 19.5 Å². The quantitative estimate of drug-likeness (QED) is 0.601. The highest BCUT2D eigenvalue weighted by Gasteiger charge is 2.29. The lowest BCUT2D eigenvalue weighted by Crippen LogP contribution is -2.21. The average Bonchev–Trinajstić information content (AvgIpc) is 2.70. The first-order chi connectivity index (χ1) is 13.1. The molecule has 0 bridgehead atoms. The number of para-hydroxylation sites is 1. The molecule has 0 heterocycles. The molecular formula is C22H14O5. The molecule has 0 atom stereocenters. The maximum absolute atomic E-state index is 12.8. The number of carboxylic acid groups (broad SMARTS) is 1. The van der Waals surface area contributed by atoms with Crippen molar-refractivity contribution in [3.63, 3.8) is 0 Å². The first kappa shape index (κ1) is 16.7. The molecule has 0 fully saturated rings. The molecule has 1 aliphatic rings. The van der Waals surface area contributed by atoms with E-state index in [1.165, 1.54) is 6.07 Å². The van der Waals surface area contributed by atoms with Crippen molar-refractivity contribution in [1.29, 1.82) is 0 Å². The van der Waals surface area contributed by atoms with Gasteiger partial charge in [0.2, 0.25) is 0 Å². The van der Waals surface area contributed by atoms with Crippen LogP contribution in [0, 0.1) is 0 Å². The maximum atomic E-state index is 12.8. The monoisotopic (exact) mass is 358 g/mol. The molecule has 0 aliphatic heterocycles. The third kappa shape index (κ3) is 2.89. The lowest BCUT2D eigenvalue weighted by Gasteiger charge is -2.18. The van der Waals surface area contributed by atoms with Crippen LogP contribution in [0.5, 0.6) is 5.75 Å². The molecular weight excluding hydrogens is 344 g/mol. The van der Waals surface area contributed by atoms with Gasteiger partial charge in [-0.05, 0) is 29.8 Å². The normalized spacial score (nSPS) is 12.3. The average molecular weight is 358 g/mol. The SMILES string of the molecule is O=C(O)c1ccccc1OCc1ccc2c(c1)C(=O)c1ccccc1C2=O. The van der Waals surface area contributed by atoms with E-state index in [0.717, 1.165) is 0 Å². The molecule has 0 radical (unpaired) electrons. The lowest BCUT2D eigenvalue weighted by molar-refractivity contribution is 0.0691. The van der Waals surface area contributed by atoms with Gasteiger partial charge in [-0.2, -0.15) is 0 Å². The van der Waals surface area contributed by atoms with Gasteiger partial charge in [0.15, 0.2) is 11.6 Å². The number of carbonyl (C=O) groups is 3. The Balaban J connectivity index is 1.64. The number of hydrogen-bond acceptors (Lipinski definition) is 4. The zero-order chi connectivity index (χ0) is 19.0. The Morgan fingerprint density at radius 2 is 1.37 bits per heavy atom. The molecule has 0 saturated heterocycles. The summed E-state index contributed by atoms with van der Waals surface area (Å²) in [6, 6.07) is 18.1. The second-order valence-electron chi connectivity index (χ2n) is 6.17. The summed E-state index contributed by atoms with van der Waals surface area (Å²) >= 11 is 0. The van der Waals surface area contributed by atoms with Crippen molar-refractivity contribution < 1.29 is 24.2 Å². The van der Waals surface area contributed by atoms with Crippen LogP contribution in [0.4, 0.5) is 0 Å². The van der Waals surface area contributed by atoms with E-state index in [1.807, 2.05) is 0 Å². The number of hydrogen-bond donors (Lipinski definition) is 1. The number of rotatable bonds is 4. The standard InChI is InChI=1S/C22H14O5/c23-20-14-5-1-2-6-15(14)21(24)18-11-13(9-10-16(18)20)12-27-19-8-4-3-7-17(19)22(25)26/h1-11H,12H2,(H,25,26). The smallest absolute Gasteiger partial charge is 0.339 e. The fourth-order valence-corrected chi connectivity index (χ4v) is 3.17. The zero-order valence-corrected chi connectivity index (χ0v) is 14.1. The molecule has 0 saturated carbocycles. The van der Waals surface area contributed by atoms with Crippen molar-refractivity contribution in [3.05, 3.63) is 100 Å². The van der Waals surface area contributed by atoms with E-state index in [0.29, 0.717) is 27.8 Å². The number of carbonyl (C=O) groups excluding carboxylic acids is 2. The molecule has 3 aromatic rings. The Hall–Kier alpha value is -3.73. The summed E-state index contributed by atoms with van der Waals surface area (Å²) in [6.45, 7) is 0.0840. The van der Waals surface area contributed by atoms with E-state index in [1.54, 1.807) is 60.7 Å². The van der Waals surface area contributed by atoms with Crippen molar-refractivity contribution in [2.24, 2.45) is 0 Å². The highest BCUT2D eigenvalue weighted by atomic mass is 16.5. The van der Waals surface area contributed by atoms with Crippen molar-refractivity contribution in [2.45, 2.75) is 6.61 Å². The lowest BCUT2D eigenvalue weighted by atomic mass is 9.83. The van der Waals surface area contributed by atoms with Crippen molar-refractivity contribution >= 4 is 17.5 Å². The van der Waals surface area contributed by atoms with Crippen LogP contribution in [0.25, 0.3) is 0 Å². The van der Waals surface area contributed by atoms with Crippen LogP contribution < -0.4 is 4.74 Å². The summed E-state index contributed by atoms with van der Waals surface area (Å²) in [5, 5.41) is 9.22. The van der Waals surface area contributed by atoms with Gasteiger partial charge in [0.25, 0.3) is 0 Å². The summed E-state index contributed by atoms with van der Waals surface area (Å²) in [4.78, 5) is 36.6. The van der Waals surface area contributed by atoms with Gasteiger partial charge in [0, 0.05) is 22.3 Å². The number of benzene rings is 3. The summed E-state index contributed by atoms with van der Waals surface area (Å²) in [7, 11) is 0. The topological polar surface area (TPSA) is 80.7 Å². The van der Waals surface area contributed by atoms with Crippen LogP contribution in [0.2, 0.25) is 0 Å². The Labute approximate surface area is 154 Å². The van der Waals surface area contributed by atoms with Crippen molar-refractivity contribution in [2.75, 3.05) is 0 Å². The van der Waals surface area contributed by atoms with Crippen molar-refractivity contribution in [3.8, 4) is 5.75 Å². The predicted octanol–water partition coefficient (Wildman–Crippen LogP) is 3.74. The van der Waals surface area contributed by atoms with Gasteiger partial charge in [-0.15, -0.1) is 0 Å². The Bertz CT molecular complexity index is 1100. The third-order valence-electron chi connectivity index (χ3n) is 4.50. The van der Waals surface area contributed by atoms with Gasteiger partial charge >= 0.3 is 5.97 Å². The van der Waals surface area contributed by atoms with E-state index in [4.69, 9.17) is 4.74 Å². The highest BCUT2D eigenvalue weighted by molar-refractivity contribution is 6.28. The van der Waals surface area contributed by atoms with Crippen LogP contribution in [0.3, 0.4) is 0 Å². The molecule has 132 valence electrons. The van der Waals surface area contributed by atoms with E-state index in [-0.39, 0.29) is 29.5 Å². The van der Waals surface area contributed by atoms with E-state index >= 15 is 0 Å². The molecule has 1 N–H and O–H groups in total. The van der Waals surface area contributed by atoms with Crippen molar-refractivity contribution in [1.82, 2.24) is 0 Å². The molecule has 1 aliphatic carbocycles. The number of ketones is 2. The molecule has 5 nitrogen and oxygen atoms in total. The largest absolute Gasteiger partial charge is 0.488 e. The summed E-state index contributed by atoms with van der Waals surface area (Å²) in [5.41, 5.74) is 2.25. The van der Waals surface area contributed by atoms with Gasteiger partial charge in [-0.3, -0.25) is 9.59 Å². The number of ether oxygens (including phenoxy) is 1. The molecule has 27 heavy (non-hydrogen) atoms. The van der Waals surface area contributed by atoms with Crippen LogP contribution in [-0.4, -0.2) is 22.6 Å².